The highest BCUT2D eigenvalue weighted by Gasteiger charge is 2.04. The fraction of sp³-hybridized carbons (Fsp3) is 0. The third-order valence-electron chi connectivity index (χ3n) is 2.27. The normalized spacial score (nSPS) is 8.00. The quantitative estimate of drug-likeness (QED) is 0.450. The van der Waals surface area contributed by atoms with E-state index in [0.29, 0.717) is 0 Å². The van der Waals surface area contributed by atoms with E-state index >= 15 is 0 Å². The van der Waals surface area contributed by atoms with E-state index in [2.05, 4.69) is 36.0 Å². The summed E-state index contributed by atoms with van der Waals surface area (Å²) in [5.41, 5.74) is 1.46. The summed E-state index contributed by atoms with van der Waals surface area (Å²) in [4.78, 5) is 14.7. The van der Waals surface area contributed by atoms with Crippen molar-refractivity contribution in [2.75, 3.05) is 0 Å². The lowest BCUT2D eigenvalue weighted by atomic mass is 10.2. The molecule has 1 heterocycles. The van der Waals surface area contributed by atoms with Crippen LogP contribution in [0.25, 0.3) is 6.08 Å². The van der Waals surface area contributed by atoms with Gasteiger partial charge in [-0.3, -0.25) is 0 Å². The predicted octanol–water partition coefficient (Wildman–Crippen LogP) is 5.07. The van der Waals surface area contributed by atoms with E-state index in [9.17, 15) is 4.79 Å². The molecule has 0 aliphatic rings. The zero-order valence-corrected chi connectivity index (χ0v) is 13.1. The zero-order valence-electron chi connectivity index (χ0n) is 13.1. The zero-order chi connectivity index (χ0) is 17.3. The first-order valence-corrected chi connectivity index (χ1v) is 6.83. The van der Waals surface area contributed by atoms with Crippen LogP contribution in [0.3, 0.4) is 0 Å². The second-order valence-corrected chi connectivity index (χ2v) is 3.87. The fourth-order valence-electron chi connectivity index (χ4n) is 1.21. The van der Waals surface area contributed by atoms with Crippen LogP contribution < -0.4 is 0 Å². The first-order valence-electron chi connectivity index (χ1n) is 6.83. The van der Waals surface area contributed by atoms with Crippen LogP contribution in [-0.2, 0) is 4.74 Å². The molecule has 0 aliphatic carbocycles. The summed E-state index contributed by atoms with van der Waals surface area (Å²) in [5, 5.41) is 0. The summed E-state index contributed by atoms with van der Waals surface area (Å²) in [6, 6.07) is 15.0. The van der Waals surface area contributed by atoms with Crippen LogP contribution in [0.1, 0.15) is 16.1 Å². The minimum atomic E-state index is -0.486. The van der Waals surface area contributed by atoms with Gasteiger partial charge in [0.2, 0.25) is 0 Å². The number of nitrogens with zero attached hydrogens (tertiary/aromatic N) is 1. The van der Waals surface area contributed by atoms with Gasteiger partial charge >= 0.3 is 5.97 Å². The Morgan fingerprint density at radius 2 is 1.52 bits per heavy atom. The Kier molecular flexibility index (Phi) is 11.9. The Hall–Kier alpha value is -3.20. The lowest BCUT2D eigenvalue weighted by Gasteiger charge is -1.95. The van der Waals surface area contributed by atoms with Gasteiger partial charge in [-0.15, -0.1) is 0 Å². The van der Waals surface area contributed by atoms with Gasteiger partial charge in [0.05, 0.1) is 6.26 Å². The summed E-state index contributed by atoms with van der Waals surface area (Å²) < 4.78 is 4.49. The molecule has 3 heteroatoms. The number of esters is 1. The second-order valence-electron chi connectivity index (χ2n) is 3.87. The number of rotatable bonds is 4. The topological polar surface area (TPSA) is 39.2 Å². The molecule has 0 bridgehead atoms. The lowest BCUT2D eigenvalue weighted by Crippen LogP contribution is -2.01. The maximum atomic E-state index is 10.9. The van der Waals surface area contributed by atoms with E-state index in [1.807, 2.05) is 36.4 Å². The number of pyridine rings is 1. The number of allylic oxidation sites excluding steroid dienone is 2. The largest absolute Gasteiger partial charge is 0.430 e. The fourth-order valence-corrected chi connectivity index (χ4v) is 1.21. The molecule has 2 aromatic rings. The molecular weight excluding hydrogens is 286 g/mol. The van der Waals surface area contributed by atoms with Crippen LogP contribution in [0.15, 0.2) is 99.5 Å². The number of aromatic nitrogens is 1. The summed E-state index contributed by atoms with van der Waals surface area (Å²) in [5.74, 6) is -0.486. The monoisotopic (exact) mass is 307 g/mol. The van der Waals surface area contributed by atoms with Crippen molar-refractivity contribution >= 4 is 12.0 Å². The van der Waals surface area contributed by atoms with Crippen LogP contribution in [0.5, 0.6) is 0 Å². The van der Waals surface area contributed by atoms with Crippen molar-refractivity contribution in [3.8, 4) is 0 Å². The van der Waals surface area contributed by atoms with Gasteiger partial charge in [-0.2, -0.15) is 0 Å². The van der Waals surface area contributed by atoms with E-state index in [1.54, 1.807) is 30.4 Å². The molecule has 0 atom stereocenters. The Bertz CT molecular complexity index is 598. The molecule has 3 nitrogen and oxygen atoms in total. The first kappa shape index (κ1) is 19.8. The van der Waals surface area contributed by atoms with Gasteiger partial charge in [-0.1, -0.05) is 80.9 Å². The van der Waals surface area contributed by atoms with Gasteiger partial charge in [0, 0.05) is 6.20 Å². The molecule has 118 valence electrons. The highest BCUT2D eigenvalue weighted by molar-refractivity contribution is 5.87. The Labute approximate surface area is 138 Å². The molecule has 0 aliphatic heterocycles. The molecule has 0 radical (unpaired) electrons. The van der Waals surface area contributed by atoms with Crippen LogP contribution in [0, 0.1) is 0 Å². The molecule has 23 heavy (non-hydrogen) atoms. The van der Waals surface area contributed by atoms with Gasteiger partial charge in [-0.25, -0.2) is 9.78 Å². The van der Waals surface area contributed by atoms with E-state index in [-0.39, 0.29) is 5.69 Å². The molecule has 0 saturated heterocycles. The van der Waals surface area contributed by atoms with E-state index in [1.165, 1.54) is 11.8 Å². The van der Waals surface area contributed by atoms with Gasteiger partial charge in [0.25, 0.3) is 0 Å². The lowest BCUT2D eigenvalue weighted by molar-refractivity contribution is 0.0657. The molecule has 1 aromatic heterocycles. The predicted molar refractivity (Wildman–Crippen MR) is 96.8 cm³/mol. The molecule has 0 spiro atoms. The van der Waals surface area contributed by atoms with Crippen LogP contribution in [-0.4, -0.2) is 11.0 Å². The maximum Gasteiger partial charge on any atom is 0.361 e. The van der Waals surface area contributed by atoms with E-state index < -0.39 is 5.97 Å². The van der Waals surface area contributed by atoms with Gasteiger partial charge in [-0.05, 0) is 17.7 Å². The van der Waals surface area contributed by atoms with E-state index in [0.717, 1.165) is 6.26 Å². The number of ether oxygens (including phenoxy) is 1. The van der Waals surface area contributed by atoms with Crippen molar-refractivity contribution < 1.29 is 9.53 Å². The summed E-state index contributed by atoms with van der Waals surface area (Å²) in [6.45, 7) is 13.6. The third-order valence-corrected chi connectivity index (χ3v) is 2.27. The molecule has 2 rings (SSSR count). The van der Waals surface area contributed by atoms with Crippen molar-refractivity contribution in [3.63, 3.8) is 0 Å². The molecule has 0 amide bonds. The molecular formula is C20H21NO2. The Morgan fingerprint density at radius 3 is 1.91 bits per heavy atom. The average molecular weight is 307 g/mol. The maximum absolute atomic E-state index is 10.9. The summed E-state index contributed by atoms with van der Waals surface area (Å²) >= 11 is 0. The van der Waals surface area contributed by atoms with Crippen molar-refractivity contribution in [2.45, 2.75) is 0 Å². The molecule has 0 unspecified atom stereocenters. The van der Waals surface area contributed by atoms with Crippen molar-refractivity contribution in [2.24, 2.45) is 0 Å². The minimum absolute atomic E-state index is 0.285. The van der Waals surface area contributed by atoms with Crippen molar-refractivity contribution in [1.29, 1.82) is 0 Å². The Morgan fingerprint density at radius 1 is 0.913 bits per heavy atom. The summed E-state index contributed by atoms with van der Waals surface area (Å²) in [6.07, 6.45) is 7.72. The van der Waals surface area contributed by atoms with Gasteiger partial charge < -0.3 is 4.74 Å². The average Bonchev–Trinajstić information content (AvgIpc) is 2.64. The number of carbonyl (C=O) groups excluding carboxylic acids is 1. The first-order chi connectivity index (χ1) is 11.2. The summed E-state index contributed by atoms with van der Waals surface area (Å²) in [7, 11) is 0. The highest BCUT2D eigenvalue weighted by Crippen LogP contribution is 1.97. The van der Waals surface area contributed by atoms with Gasteiger partial charge in [0.1, 0.15) is 5.69 Å². The third kappa shape index (κ3) is 10.2. The molecule has 0 N–H and O–H groups in total. The second kappa shape index (κ2) is 13.8. The number of carbonyl (C=O) groups is 1. The smallest absolute Gasteiger partial charge is 0.361 e. The van der Waals surface area contributed by atoms with E-state index in [4.69, 9.17) is 0 Å². The Balaban J connectivity index is 0.000000354. The number of hydrogen-bond acceptors (Lipinski definition) is 3. The van der Waals surface area contributed by atoms with Crippen LogP contribution in [0.4, 0.5) is 0 Å². The van der Waals surface area contributed by atoms with Gasteiger partial charge in [0.15, 0.2) is 0 Å². The minimum Gasteiger partial charge on any atom is -0.430 e. The molecule has 0 fully saturated rings. The number of hydrogen-bond donors (Lipinski definition) is 0. The standard InChI is InChI=1S/C8H7NO2.C8H8.C4H6/c1-2-11-8(10)7-5-3-4-6-9-7;1-2-8-6-4-3-5-7-8;1-3-4-2/h2-6H,1H2;2-7H,1H2;3-4H,1-2H2. The molecule has 0 saturated carbocycles. The van der Waals surface area contributed by atoms with Crippen LogP contribution in [0.2, 0.25) is 0 Å². The SMILES string of the molecule is C=CC=C.C=COC(=O)c1ccccn1.C=Cc1ccccc1. The highest BCUT2D eigenvalue weighted by atomic mass is 16.5. The van der Waals surface area contributed by atoms with Crippen molar-refractivity contribution in [1.82, 2.24) is 4.98 Å². The van der Waals surface area contributed by atoms with Crippen molar-refractivity contribution in [3.05, 3.63) is 111 Å². The number of benzene rings is 1. The molecule has 1 aromatic carbocycles. The van der Waals surface area contributed by atoms with Crippen LogP contribution >= 0.6 is 0 Å².